The summed E-state index contributed by atoms with van der Waals surface area (Å²) in [5.74, 6) is -1.98. The van der Waals surface area contributed by atoms with Gasteiger partial charge in [-0.2, -0.15) is 5.26 Å². The van der Waals surface area contributed by atoms with E-state index in [1.54, 1.807) is 18.2 Å². The first-order chi connectivity index (χ1) is 15.2. The lowest BCUT2D eigenvalue weighted by atomic mass is 9.97. The van der Waals surface area contributed by atoms with Gasteiger partial charge in [-0.25, -0.2) is 0 Å². The summed E-state index contributed by atoms with van der Waals surface area (Å²) in [7, 11) is 0. The van der Waals surface area contributed by atoms with E-state index in [1.165, 1.54) is 13.8 Å². The lowest BCUT2D eigenvalue weighted by Gasteiger charge is -2.43. The van der Waals surface area contributed by atoms with Crippen molar-refractivity contribution in [1.29, 1.82) is 5.26 Å². The van der Waals surface area contributed by atoms with Crippen molar-refractivity contribution in [2.75, 3.05) is 6.61 Å². The van der Waals surface area contributed by atoms with Crippen LogP contribution in [0, 0.1) is 11.3 Å². The van der Waals surface area contributed by atoms with Crippen molar-refractivity contribution in [3.8, 4) is 6.07 Å². The molecule has 0 N–H and O–H groups in total. The summed E-state index contributed by atoms with van der Waals surface area (Å²) in [6.45, 7) is 3.21. The molecule has 1 saturated heterocycles. The summed E-state index contributed by atoms with van der Waals surface area (Å²) in [5.41, 5.74) is 8.47. The number of halogens is 1. The zero-order valence-corrected chi connectivity index (χ0v) is 19.7. The van der Waals surface area contributed by atoms with E-state index in [2.05, 4.69) is 32.0 Å². The number of thioether (sulfide) groups is 1. The Morgan fingerprint density at radius 1 is 1.22 bits per heavy atom. The molecular weight excluding hydrogens is 508 g/mol. The molecule has 0 aliphatic carbocycles. The van der Waals surface area contributed by atoms with Gasteiger partial charge in [0.2, 0.25) is 0 Å². The fourth-order valence-electron chi connectivity index (χ4n) is 2.98. The van der Waals surface area contributed by atoms with Crippen LogP contribution in [0.1, 0.15) is 26.3 Å². The number of hydrogen-bond donors (Lipinski definition) is 0. The molecule has 1 fully saturated rings. The van der Waals surface area contributed by atoms with Gasteiger partial charge < -0.3 is 18.9 Å². The first-order valence-corrected chi connectivity index (χ1v) is 10.9. The van der Waals surface area contributed by atoms with Gasteiger partial charge in [0, 0.05) is 35.1 Å². The lowest BCUT2D eigenvalue weighted by Crippen LogP contribution is -2.59. The number of hydrogen-bond acceptors (Lipinski definition) is 10. The van der Waals surface area contributed by atoms with E-state index >= 15 is 0 Å². The molecule has 0 bridgehead atoms. The smallest absolute Gasteiger partial charge is 0.303 e. The Hall–Kier alpha value is -2.78. The molecular formula is C19H19BrN4O7S. The van der Waals surface area contributed by atoms with Crippen LogP contribution in [0.3, 0.4) is 0 Å². The largest absolute Gasteiger partial charge is 0.463 e. The highest BCUT2D eigenvalue weighted by atomic mass is 79.9. The third-order valence-electron chi connectivity index (χ3n) is 4.16. The number of esters is 3. The average molecular weight is 527 g/mol. The molecule has 11 nitrogen and oxygen atoms in total. The molecule has 1 aromatic rings. The fraction of sp³-hybridized carbons (Fsp3) is 0.474. The number of benzene rings is 1. The molecule has 32 heavy (non-hydrogen) atoms. The number of ether oxygens (including phenoxy) is 4. The van der Waals surface area contributed by atoms with Crippen molar-refractivity contribution in [2.45, 2.75) is 55.5 Å². The van der Waals surface area contributed by atoms with Gasteiger partial charge in [0.25, 0.3) is 0 Å². The van der Waals surface area contributed by atoms with E-state index in [9.17, 15) is 19.6 Å². The van der Waals surface area contributed by atoms with Gasteiger partial charge in [0.15, 0.2) is 0 Å². The third kappa shape index (κ3) is 6.86. The number of rotatable bonds is 7. The highest BCUT2D eigenvalue weighted by Gasteiger charge is 2.50. The number of carbonyl (C=O) groups excluding carboxylic acids is 3. The molecule has 0 spiro atoms. The topological polar surface area (TPSA) is 161 Å². The number of carbonyl (C=O) groups is 3. The fourth-order valence-corrected chi connectivity index (χ4v) is 4.73. The number of azide groups is 1. The van der Waals surface area contributed by atoms with Crippen molar-refractivity contribution in [1.82, 2.24) is 0 Å². The van der Waals surface area contributed by atoms with Gasteiger partial charge in [-0.1, -0.05) is 32.8 Å². The Morgan fingerprint density at radius 3 is 2.44 bits per heavy atom. The minimum atomic E-state index is -1.19. The standard InChI is InChI=1S/C19H19BrN4O7S/c1-9(25)28-8-14-17(29-10(2)26)16(23-24-22)18(30-11(3)27)19(31-14)32-15-6-13(20)5-4-12(15)7-21/h4-6,14,16-19H,8H2,1-3H3/t14?,16?,17-,18?,19+/m0/s1. The monoisotopic (exact) mass is 526 g/mol. The zero-order chi connectivity index (χ0) is 23.8. The molecule has 5 atom stereocenters. The van der Waals surface area contributed by atoms with Gasteiger partial charge in [-0.3, -0.25) is 14.4 Å². The molecule has 1 aliphatic rings. The normalized spacial score (nSPS) is 24.4. The maximum Gasteiger partial charge on any atom is 0.303 e. The molecule has 1 aromatic carbocycles. The zero-order valence-electron chi connectivity index (χ0n) is 17.3. The van der Waals surface area contributed by atoms with Crippen LogP contribution in [-0.4, -0.2) is 54.3 Å². The predicted octanol–water partition coefficient (Wildman–Crippen LogP) is 3.24. The maximum atomic E-state index is 11.8. The van der Waals surface area contributed by atoms with E-state index in [4.69, 9.17) is 24.5 Å². The second-order valence-electron chi connectivity index (χ2n) is 6.56. The molecule has 13 heteroatoms. The number of nitriles is 1. The van der Waals surface area contributed by atoms with Gasteiger partial charge in [0.1, 0.15) is 42.5 Å². The Kier molecular flexibility index (Phi) is 9.34. The Morgan fingerprint density at radius 2 is 1.88 bits per heavy atom. The van der Waals surface area contributed by atoms with Crippen LogP contribution >= 0.6 is 27.7 Å². The predicted molar refractivity (Wildman–Crippen MR) is 114 cm³/mol. The van der Waals surface area contributed by atoms with Crippen molar-refractivity contribution in [2.24, 2.45) is 5.11 Å². The molecule has 2 rings (SSSR count). The molecule has 0 aromatic heterocycles. The summed E-state index contributed by atoms with van der Waals surface area (Å²) < 4.78 is 22.4. The Balaban J connectivity index is 2.51. The highest BCUT2D eigenvalue weighted by molar-refractivity contribution is 9.10. The van der Waals surface area contributed by atoms with Gasteiger partial charge >= 0.3 is 17.9 Å². The molecule has 0 amide bonds. The van der Waals surface area contributed by atoms with Crippen molar-refractivity contribution < 1.29 is 33.3 Å². The first kappa shape index (κ1) is 25.5. The van der Waals surface area contributed by atoms with E-state index < -0.39 is 47.7 Å². The summed E-state index contributed by atoms with van der Waals surface area (Å²) in [4.78, 5) is 38.1. The minimum absolute atomic E-state index is 0.307. The van der Waals surface area contributed by atoms with Crippen LogP contribution in [0.4, 0.5) is 0 Å². The van der Waals surface area contributed by atoms with E-state index in [1.807, 2.05) is 0 Å². The molecule has 0 radical (unpaired) electrons. The minimum Gasteiger partial charge on any atom is -0.463 e. The van der Waals surface area contributed by atoms with Gasteiger partial charge in [0.05, 0.1) is 5.56 Å². The third-order valence-corrected chi connectivity index (χ3v) is 5.86. The second kappa shape index (κ2) is 11.7. The molecule has 170 valence electrons. The molecule has 1 heterocycles. The first-order valence-electron chi connectivity index (χ1n) is 9.20. The van der Waals surface area contributed by atoms with E-state index in [-0.39, 0.29) is 6.61 Å². The Bertz CT molecular complexity index is 979. The second-order valence-corrected chi connectivity index (χ2v) is 8.62. The van der Waals surface area contributed by atoms with Crippen LogP contribution < -0.4 is 0 Å². The van der Waals surface area contributed by atoms with Crippen LogP contribution in [0.2, 0.25) is 0 Å². The van der Waals surface area contributed by atoms with E-state index in [0.717, 1.165) is 18.7 Å². The lowest BCUT2D eigenvalue weighted by molar-refractivity contribution is -0.201. The van der Waals surface area contributed by atoms with Crippen molar-refractivity contribution >= 4 is 45.6 Å². The van der Waals surface area contributed by atoms with Crippen LogP contribution in [-0.2, 0) is 33.3 Å². The Labute approximate surface area is 196 Å². The van der Waals surface area contributed by atoms with Gasteiger partial charge in [-0.05, 0) is 23.7 Å². The summed E-state index contributed by atoms with van der Waals surface area (Å²) in [6.07, 6.45) is -3.39. The summed E-state index contributed by atoms with van der Waals surface area (Å²) >= 11 is 4.39. The van der Waals surface area contributed by atoms with Crippen LogP contribution in [0.15, 0.2) is 32.7 Å². The average Bonchev–Trinajstić information content (AvgIpc) is 2.70. The van der Waals surface area contributed by atoms with Crippen molar-refractivity contribution in [3.63, 3.8) is 0 Å². The van der Waals surface area contributed by atoms with E-state index in [0.29, 0.717) is 14.9 Å². The highest BCUT2D eigenvalue weighted by Crippen LogP contribution is 2.39. The van der Waals surface area contributed by atoms with Crippen molar-refractivity contribution in [3.05, 3.63) is 38.7 Å². The molecule has 1 aliphatic heterocycles. The maximum absolute atomic E-state index is 11.8. The SMILES string of the molecule is CC(=O)OCC1O[C@H](Sc2cc(Br)ccc2C#N)C(OC(C)=O)C(N=[N+]=[N-])[C@H]1OC(C)=O. The molecule has 3 unspecified atom stereocenters. The summed E-state index contributed by atoms with van der Waals surface area (Å²) in [6, 6.07) is 5.85. The van der Waals surface area contributed by atoms with Crippen LogP contribution in [0.25, 0.3) is 10.4 Å². The summed E-state index contributed by atoms with van der Waals surface area (Å²) in [5, 5.41) is 13.1. The van der Waals surface area contributed by atoms with Crippen LogP contribution in [0.5, 0.6) is 0 Å². The van der Waals surface area contributed by atoms with Gasteiger partial charge in [-0.15, -0.1) is 0 Å². The quantitative estimate of drug-likeness (QED) is 0.170. The number of nitrogens with zero attached hydrogens (tertiary/aromatic N) is 4. The molecule has 0 saturated carbocycles.